The number of hydrogen-bond acceptors (Lipinski definition) is 5. The number of hydrogen-bond donors (Lipinski definition) is 2. The Kier molecular flexibility index (Phi) is 7.52. The van der Waals surface area contributed by atoms with Crippen LogP contribution in [0.5, 0.6) is 0 Å². The lowest BCUT2D eigenvalue weighted by molar-refractivity contribution is -0.130. The fraction of sp³-hybridized carbons (Fsp3) is 0.259. The number of aliphatic hydroxyl groups is 1. The number of piperidine rings is 1. The van der Waals surface area contributed by atoms with Crippen molar-refractivity contribution in [3.8, 4) is 0 Å². The number of allylic oxidation sites excluding steroid dienone is 1. The summed E-state index contributed by atoms with van der Waals surface area (Å²) in [6.07, 6.45) is 2.30. The number of likely N-dealkylation sites (tertiary alicyclic amines) is 1. The van der Waals surface area contributed by atoms with Gasteiger partial charge in [-0.3, -0.25) is 14.9 Å². The highest BCUT2D eigenvalue weighted by atomic mass is 32.2. The minimum Gasteiger partial charge on any atom is -0.504 e. The molecule has 1 fully saturated rings. The number of thioether (sulfide) groups is 1. The van der Waals surface area contributed by atoms with Gasteiger partial charge in [0.1, 0.15) is 5.82 Å². The molecular weight excluding hydrogens is 470 g/mol. The average Bonchev–Trinajstić information content (AvgIpc) is 3.03. The molecule has 8 heteroatoms. The third kappa shape index (κ3) is 5.09. The predicted molar refractivity (Wildman–Crippen MR) is 132 cm³/mol. The van der Waals surface area contributed by atoms with E-state index in [1.54, 1.807) is 24.8 Å². The van der Waals surface area contributed by atoms with Crippen LogP contribution in [0.15, 0.2) is 77.7 Å². The molecule has 0 unspecified atom stereocenters. The normalized spacial score (nSPS) is 21.2. The van der Waals surface area contributed by atoms with Crippen LogP contribution < -0.4 is 5.32 Å². The van der Waals surface area contributed by atoms with Gasteiger partial charge in [-0.05, 0) is 59.4 Å². The Morgan fingerprint density at radius 2 is 2.00 bits per heavy atom. The second kappa shape index (κ2) is 10.6. The Labute approximate surface area is 207 Å². The van der Waals surface area contributed by atoms with Crippen LogP contribution in [-0.4, -0.2) is 34.4 Å². The van der Waals surface area contributed by atoms with Crippen molar-refractivity contribution in [1.82, 2.24) is 10.2 Å². The molecule has 0 bridgehead atoms. The van der Waals surface area contributed by atoms with Gasteiger partial charge in [0.2, 0.25) is 5.78 Å². The highest BCUT2D eigenvalue weighted by Gasteiger charge is 2.34. The molecule has 35 heavy (non-hydrogen) atoms. The highest BCUT2D eigenvalue weighted by molar-refractivity contribution is 7.98. The van der Waals surface area contributed by atoms with Crippen molar-refractivity contribution >= 4 is 23.5 Å². The minimum absolute atomic E-state index is 0.205. The van der Waals surface area contributed by atoms with E-state index in [0.717, 1.165) is 33.7 Å². The molecule has 4 rings (SSSR count). The van der Waals surface area contributed by atoms with Crippen LogP contribution >= 0.6 is 11.8 Å². The van der Waals surface area contributed by atoms with Crippen molar-refractivity contribution in [1.29, 1.82) is 0 Å². The lowest BCUT2D eigenvalue weighted by atomic mass is 9.91. The first kappa shape index (κ1) is 24.9. The molecule has 2 aliphatic rings. The third-order valence-corrected chi connectivity index (χ3v) is 7.60. The number of nitrogens with one attached hydrogen (secondary N) is 1. The lowest BCUT2D eigenvalue weighted by Crippen LogP contribution is -2.52. The lowest BCUT2D eigenvalue weighted by Gasteiger charge is -2.39. The number of fused-ring (bicyclic) bond motifs is 2. The predicted octanol–water partition coefficient (Wildman–Crippen LogP) is 5.42. The van der Waals surface area contributed by atoms with Gasteiger partial charge in [-0.15, -0.1) is 11.8 Å². The van der Waals surface area contributed by atoms with E-state index in [2.05, 4.69) is 11.9 Å². The molecule has 2 aromatic rings. The van der Waals surface area contributed by atoms with E-state index in [9.17, 15) is 23.5 Å². The first-order valence-electron chi connectivity index (χ1n) is 11.3. The zero-order valence-electron chi connectivity index (χ0n) is 19.3. The van der Waals surface area contributed by atoms with Gasteiger partial charge in [-0.2, -0.15) is 0 Å². The summed E-state index contributed by atoms with van der Waals surface area (Å²) >= 11 is 1.62. The minimum atomic E-state index is -0.759. The summed E-state index contributed by atoms with van der Waals surface area (Å²) in [5.74, 6) is -1.72. The van der Waals surface area contributed by atoms with Crippen molar-refractivity contribution in [3.63, 3.8) is 0 Å². The maximum absolute atomic E-state index is 14.4. The van der Waals surface area contributed by atoms with Crippen molar-refractivity contribution in [2.75, 3.05) is 6.54 Å². The van der Waals surface area contributed by atoms with Gasteiger partial charge >= 0.3 is 0 Å². The SMILES string of the molecule is C=CC(=O)/C(O)=C/C(=O)N1CC/C(=C\F)C[C@H]1N[C@@H]1c2ccccc2SCc2c1ccc(F)c2C. The molecule has 2 aromatic carbocycles. The molecule has 0 saturated carbocycles. The Hall–Kier alpha value is -3.23. The molecule has 0 aromatic heterocycles. The van der Waals surface area contributed by atoms with E-state index in [1.807, 2.05) is 24.3 Å². The van der Waals surface area contributed by atoms with Crippen molar-refractivity contribution < 1.29 is 23.5 Å². The van der Waals surface area contributed by atoms with Gasteiger partial charge in [0.25, 0.3) is 5.91 Å². The van der Waals surface area contributed by atoms with Crippen LogP contribution in [0, 0.1) is 12.7 Å². The molecule has 2 N–H and O–H groups in total. The van der Waals surface area contributed by atoms with E-state index in [0.29, 0.717) is 29.6 Å². The molecule has 1 amide bonds. The molecule has 0 spiro atoms. The molecule has 2 atom stereocenters. The van der Waals surface area contributed by atoms with Crippen molar-refractivity contribution in [2.24, 2.45) is 0 Å². The molecule has 1 saturated heterocycles. The summed E-state index contributed by atoms with van der Waals surface area (Å²) in [6, 6.07) is 10.7. The highest BCUT2D eigenvalue weighted by Crippen LogP contribution is 2.41. The number of carbonyl (C=O) groups is 2. The number of carbonyl (C=O) groups excluding carboxylic acids is 2. The molecule has 182 valence electrons. The second-order valence-corrected chi connectivity index (χ2v) is 9.55. The number of nitrogens with zero attached hydrogens (tertiary/aromatic N) is 1. The fourth-order valence-electron chi connectivity index (χ4n) is 4.52. The van der Waals surface area contributed by atoms with Crippen molar-refractivity contribution in [3.05, 3.63) is 101 Å². The zero-order chi connectivity index (χ0) is 25.1. The quantitative estimate of drug-likeness (QED) is 0.428. The molecule has 0 radical (unpaired) electrons. The average molecular weight is 497 g/mol. The van der Waals surface area contributed by atoms with Gasteiger partial charge in [-0.25, -0.2) is 8.78 Å². The van der Waals surface area contributed by atoms with Gasteiger partial charge in [0, 0.05) is 29.7 Å². The Balaban J connectivity index is 1.75. The molecule has 2 aliphatic heterocycles. The topological polar surface area (TPSA) is 69.6 Å². The molecule has 2 heterocycles. The van der Waals surface area contributed by atoms with Crippen LogP contribution in [0.3, 0.4) is 0 Å². The van der Waals surface area contributed by atoms with E-state index in [4.69, 9.17) is 0 Å². The van der Waals surface area contributed by atoms with E-state index in [-0.39, 0.29) is 24.8 Å². The van der Waals surface area contributed by atoms with Crippen LogP contribution in [0.25, 0.3) is 0 Å². The summed E-state index contributed by atoms with van der Waals surface area (Å²) in [4.78, 5) is 27.2. The zero-order valence-corrected chi connectivity index (χ0v) is 20.1. The van der Waals surface area contributed by atoms with Crippen LogP contribution in [0.4, 0.5) is 8.78 Å². The van der Waals surface area contributed by atoms with Crippen molar-refractivity contribution in [2.45, 2.75) is 42.6 Å². The van der Waals surface area contributed by atoms with Gasteiger partial charge < -0.3 is 10.0 Å². The summed E-state index contributed by atoms with van der Waals surface area (Å²) < 4.78 is 28.0. The first-order valence-corrected chi connectivity index (χ1v) is 12.2. The molecule has 0 aliphatic carbocycles. The third-order valence-electron chi connectivity index (χ3n) is 6.48. The standard InChI is InChI=1S/C27H26F2N2O3S/c1-3-22(32)23(33)13-26(34)31-11-10-17(14-28)12-25(31)30-27-18-8-9-21(29)16(2)20(18)15-35-24-7-5-4-6-19(24)27/h3-9,13-14,25,27,30,33H,1,10-12,15H2,2H3/b17-14+,23-13-/t25-,27-/m0/s1. The van der Waals surface area contributed by atoms with Crippen LogP contribution in [0.1, 0.15) is 41.1 Å². The van der Waals surface area contributed by atoms with Crippen LogP contribution in [-0.2, 0) is 15.3 Å². The monoisotopic (exact) mass is 496 g/mol. The summed E-state index contributed by atoms with van der Waals surface area (Å²) in [6.45, 7) is 5.28. The van der Waals surface area contributed by atoms with E-state index >= 15 is 0 Å². The van der Waals surface area contributed by atoms with Gasteiger partial charge in [0.05, 0.1) is 18.5 Å². The number of benzene rings is 2. The Morgan fingerprint density at radius 1 is 1.23 bits per heavy atom. The number of aliphatic hydroxyl groups excluding tert-OH is 1. The van der Waals surface area contributed by atoms with Gasteiger partial charge in [-0.1, -0.05) is 30.8 Å². The fourth-order valence-corrected chi connectivity index (χ4v) is 5.73. The summed E-state index contributed by atoms with van der Waals surface area (Å²) in [5.41, 5.74) is 3.88. The Morgan fingerprint density at radius 3 is 2.74 bits per heavy atom. The number of halogens is 2. The van der Waals surface area contributed by atoms with E-state index < -0.39 is 23.6 Å². The number of ketones is 1. The molecule has 5 nitrogen and oxygen atoms in total. The van der Waals surface area contributed by atoms with Gasteiger partial charge in [0.15, 0.2) is 5.76 Å². The maximum atomic E-state index is 14.4. The smallest absolute Gasteiger partial charge is 0.251 e. The number of rotatable bonds is 5. The summed E-state index contributed by atoms with van der Waals surface area (Å²) in [5, 5.41) is 13.5. The summed E-state index contributed by atoms with van der Waals surface area (Å²) in [7, 11) is 0. The second-order valence-electron chi connectivity index (χ2n) is 8.53. The van der Waals surface area contributed by atoms with E-state index in [1.165, 1.54) is 11.0 Å². The largest absolute Gasteiger partial charge is 0.504 e. The van der Waals surface area contributed by atoms with Crippen LogP contribution in [0.2, 0.25) is 0 Å². The first-order chi connectivity index (χ1) is 16.8. The molecular formula is C27H26F2N2O3S. The Bertz CT molecular complexity index is 1240. The maximum Gasteiger partial charge on any atom is 0.251 e. The number of amides is 1.